The van der Waals surface area contributed by atoms with Crippen LogP contribution in [0.25, 0.3) is 0 Å². The third-order valence-corrected chi connectivity index (χ3v) is 3.67. The number of carbonyl (C=O) groups is 1. The van der Waals surface area contributed by atoms with E-state index in [4.69, 9.17) is 0 Å². The van der Waals surface area contributed by atoms with E-state index in [1.165, 1.54) is 12.1 Å². The molecule has 0 atom stereocenters. The van der Waals surface area contributed by atoms with Gasteiger partial charge in [-0.2, -0.15) is 0 Å². The molecule has 0 bridgehead atoms. The van der Waals surface area contributed by atoms with E-state index in [1.54, 1.807) is 4.90 Å². The van der Waals surface area contributed by atoms with Crippen LogP contribution < -0.4 is 61.7 Å². The van der Waals surface area contributed by atoms with Crippen molar-refractivity contribution in [2.45, 2.75) is 6.42 Å². The zero-order valence-corrected chi connectivity index (χ0v) is 15.2. The molecule has 108 valence electrons. The monoisotopic (exact) mass is 329 g/mol. The minimum absolute atomic E-state index is 0. The molecule has 1 aliphatic heterocycles. The molecule has 0 aromatic heterocycles. The van der Waals surface area contributed by atoms with Crippen molar-refractivity contribution in [1.82, 2.24) is 0 Å². The summed E-state index contributed by atoms with van der Waals surface area (Å²) in [4.78, 5) is 14.0. The topological polar surface area (TPSA) is 20.3 Å². The Labute approximate surface area is 169 Å². The number of anilines is 1. The van der Waals surface area contributed by atoms with Crippen molar-refractivity contribution >= 4 is 24.0 Å². The summed E-state index contributed by atoms with van der Waals surface area (Å²) in [5.74, 6) is -0.263. The summed E-state index contributed by atoms with van der Waals surface area (Å²) in [7, 11) is 0. The Bertz CT molecular complexity index is 688. The Balaban J connectivity index is 0.00000176. The van der Waals surface area contributed by atoms with Crippen LogP contribution in [0.5, 0.6) is 0 Å². The van der Waals surface area contributed by atoms with Gasteiger partial charge in [-0.05, 0) is 18.1 Å². The summed E-state index contributed by atoms with van der Waals surface area (Å²) >= 11 is 0. The Morgan fingerprint density at radius 3 is 2.27 bits per heavy atom. The predicted molar refractivity (Wildman–Crippen MR) is 77.0 cm³/mol. The molecule has 0 N–H and O–H groups in total. The second-order valence-corrected chi connectivity index (χ2v) is 5.03. The summed E-state index contributed by atoms with van der Waals surface area (Å²) in [6.07, 6.45) is 0.770. The number of hydrogen-bond acceptors (Lipinski definition) is 1. The maximum absolute atomic E-state index is 12.6. The van der Waals surface area contributed by atoms with Crippen molar-refractivity contribution in [2.75, 3.05) is 11.4 Å². The SMILES string of the molecule is O=C(c1ccc([B-](F)(F)F)cc1)N1CCc2ccccc21.[K+]. The molecule has 2 nitrogen and oxygen atoms in total. The van der Waals surface area contributed by atoms with Gasteiger partial charge in [-0.25, -0.2) is 0 Å². The summed E-state index contributed by atoms with van der Waals surface area (Å²) < 4.78 is 37.8. The number of para-hydroxylation sites is 1. The molecule has 0 aliphatic carbocycles. The molecule has 1 amide bonds. The zero-order valence-electron chi connectivity index (χ0n) is 12.1. The number of benzene rings is 2. The molecular formula is C15H12BF3KNO. The Morgan fingerprint density at radius 1 is 1.00 bits per heavy atom. The zero-order chi connectivity index (χ0) is 15.0. The van der Waals surface area contributed by atoms with Crippen LogP contribution in [0.1, 0.15) is 15.9 Å². The largest absolute Gasteiger partial charge is 1.00 e. The molecule has 2 aromatic rings. The summed E-state index contributed by atoms with van der Waals surface area (Å²) in [5.41, 5.74) is 1.51. The molecule has 2 aromatic carbocycles. The molecule has 7 heteroatoms. The fourth-order valence-corrected chi connectivity index (χ4v) is 2.55. The van der Waals surface area contributed by atoms with Crippen molar-refractivity contribution in [3.63, 3.8) is 0 Å². The minimum atomic E-state index is -5.03. The van der Waals surface area contributed by atoms with Gasteiger partial charge in [-0.3, -0.25) is 4.79 Å². The van der Waals surface area contributed by atoms with Crippen molar-refractivity contribution in [3.05, 3.63) is 59.7 Å². The van der Waals surface area contributed by atoms with Gasteiger partial charge >= 0.3 is 58.4 Å². The van der Waals surface area contributed by atoms with Gasteiger partial charge in [0.15, 0.2) is 0 Å². The van der Waals surface area contributed by atoms with E-state index in [2.05, 4.69) is 0 Å². The molecule has 0 radical (unpaired) electrons. The molecular weight excluding hydrogens is 317 g/mol. The van der Waals surface area contributed by atoms with Crippen LogP contribution in [0.4, 0.5) is 18.6 Å². The molecule has 0 saturated heterocycles. The number of hydrogen-bond donors (Lipinski definition) is 0. The smallest absolute Gasteiger partial charge is 0.445 e. The second-order valence-electron chi connectivity index (χ2n) is 5.03. The van der Waals surface area contributed by atoms with Gasteiger partial charge in [0.25, 0.3) is 5.91 Å². The Morgan fingerprint density at radius 2 is 1.64 bits per heavy atom. The number of carbonyl (C=O) groups excluding carboxylic acids is 1. The molecule has 0 spiro atoms. The average Bonchev–Trinajstić information content (AvgIpc) is 2.90. The van der Waals surface area contributed by atoms with E-state index in [1.807, 2.05) is 24.3 Å². The maximum Gasteiger partial charge on any atom is 1.00 e. The van der Waals surface area contributed by atoms with Crippen LogP contribution in [-0.2, 0) is 6.42 Å². The van der Waals surface area contributed by atoms with Gasteiger partial charge in [0.2, 0.25) is 0 Å². The van der Waals surface area contributed by atoms with Crippen molar-refractivity contribution < 1.29 is 69.1 Å². The molecule has 0 unspecified atom stereocenters. The first kappa shape index (κ1) is 17.8. The predicted octanol–water partition coefficient (Wildman–Crippen LogP) is -0.0521. The molecule has 0 fully saturated rings. The summed E-state index contributed by atoms with van der Waals surface area (Å²) in [6, 6.07) is 12.0. The number of halogens is 3. The number of fused-ring (bicyclic) bond motifs is 1. The van der Waals surface area contributed by atoms with E-state index >= 15 is 0 Å². The number of rotatable bonds is 2. The van der Waals surface area contributed by atoms with Crippen LogP contribution in [0.15, 0.2) is 48.5 Å². The first-order valence-corrected chi connectivity index (χ1v) is 6.66. The van der Waals surface area contributed by atoms with Crippen molar-refractivity contribution in [1.29, 1.82) is 0 Å². The number of amides is 1. The Hall–Kier alpha value is -0.599. The fraction of sp³-hybridized carbons (Fsp3) is 0.133. The molecule has 1 heterocycles. The van der Waals surface area contributed by atoms with Crippen LogP contribution >= 0.6 is 0 Å². The quantitative estimate of drug-likeness (QED) is 0.708. The first-order valence-electron chi connectivity index (χ1n) is 6.66. The standard InChI is InChI=1S/C15H12BF3NO.K/c17-16(18,19)13-7-5-12(6-8-13)15(21)20-10-9-11-3-1-2-4-14(11)20;/h1-8H,9-10H2;/q-1;+1. The van der Waals surface area contributed by atoms with Crippen molar-refractivity contribution in [2.24, 2.45) is 0 Å². The van der Waals surface area contributed by atoms with Crippen LogP contribution in [0.3, 0.4) is 0 Å². The van der Waals surface area contributed by atoms with Gasteiger partial charge in [0, 0.05) is 17.8 Å². The van der Waals surface area contributed by atoms with Crippen LogP contribution in [0, 0.1) is 0 Å². The maximum atomic E-state index is 12.6. The van der Waals surface area contributed by atoms with E-state index in [-0.39, 0.29) is 62.9 Å². The third-order valence-electron chi connectivity index (χ3n) is 3.67. The van der Waals surface area contributed by atoms with E-state index in [0.29, 0.717) is 6.54 Å². The average molecular weight is 329 g/mol. The second kappa shape index (κ2) is 6.88. The van der Waals surface area contributed by atoms with E-state index in [9.17, 15) is 17.7 Å². The molecule has 1 aliphatic rings. The van der Waals surface area contributed by atoms with Gasteiger partial charge in [0.1, 0.15) is 0 Å². The normalized spacial score (nSPS) is 13.5. The number of nitrogens with zero attached hydrogens (tertiary/aromatic N) is 1. The fourth-order valence-electron chi connectivity index (χ4n) is 2.55. The van der Waals surface area contributed by atoms with Crippen molar-refractivity contribution in [3.8, 4) is 0 Å². The first-order chi connectivity index (χ1) is 9.97. The molecule has 3 rings (SSSR count). The van der Waals surface area contributed by atoms with E-state index in [0.717, 1.165) is 29.8 Å². The molecule has 22 heavy (non-hydrogen) atoms. The summed E-state index contributed by atoms with van der Waals surface area (Å²) in [5, 5.41) is 0. The summed E-state index contributed by atoms with van der Waals surface area (Å²) in [6.45, 7) is -4.47. The van der Waals surface area contributed by atoms with Crippen LogP contribution in [-0.4, -0.2) is 19.4 Å². The van der Waals surface area contributed by atoms with Crippen LogP contribution in [0.2, 0.25) is 0 Å². The minimum Gasteiger partial charge on any atom is -0.445 e. The molecule has 0 saturated carbocycles. The van der Waals surface area contributed by atoms with Gasteiger partial charge in [-0.1, -0.05) is 42.5 Å². The van der Waals surface area contributed by atoms with E-state index < -0.39 is 12.4 Å². The Kier molecular flexibility index (Phi) is 5.55. The van der Waals surface area contributed by atoms with Gasteiger partial charge in [-0.15, -0.1) is 5.46 Å². The third kappa shape index (κ3) is 3.49. The van der Waals surface area contributed by atoms with Gasteiger partial charge < -0.3 is 17.8 Å². The van der Waals surface area contributed by atoms with Gasteiger partial charge in [0.05, 0.1) is 0 Å².